The second-order valence-electron chi connectivity index (χ2n) is 23.8. The molecule has 0 saturated heterocycles. The quantitative estimate of drug-likeness (QED) is 0.154. The lowest BCUT2D eigenvalue weighted by Crippen LogP contribution is -2.52. The summed E-state index contributed by atoms with van der Waals surface area (Å²) in [4.78, 5) is 2.72. The van der Waals surface area contributed by atoms with Gasteiger partial charge in [0.05, 0.1) is 0 Å². The monoisotopic (exact) mass is 844 g/mol. The first-order chi connectivity index (χ1) is 31.0. The van der Waals surface area contributed by atoms with E-state index in [-0.39, 0.29) is 33.9 Å². The third kappa shape index (κ3) is 4.69. The standard InChI is InChI=1S/C61H57BN2O/c1-57(2)24-25-58(3,4)44-30-36(22-23-42(44)57)63-48-33-50-51(38-18-13-14-21-49(38)65-50)52-39-20-15-19-37-40-28-34-16-11-12-17-35(34)29-47(40)64(54(37)39)62(53(48)52)56-55(63)41-31-45-46(32-43(41)61(56,9)10)60(7,8)27-26-59(45,5)6/h11-23,28-33H,24-27H2,1-10H3. The Morgan fingerprint density at radius 3 is 1.88 bits per heavy atom. The summed E-state index contributed by atoms with van der Waals surface area (Å²) in [6.07, 6.45) is 4.73. The maximum Gasteiger partial charge on any atom is 0.329 e. The van der Waals surface area contributed by atoms with Gasteiger partial charge in [0.25, 0.3) is 0 Å². The van der Waals surface area contributed by atoms with E-state index in [0.29, 0.717) is 0 Å². The van der Waals surface area contributed by atoms with Crippen LogP contribution in [0.15, 0.2) is 125 Å². The molecule has 0 atom stereocenters. The van der Waals surface area contributed by atoms with Gasteiger partial charge in [0.15, 0.2) is 0 Å². The van der Waals surface area contributed by atoms with E-state index in [2.05, 4.69) is 194 Å². The van der Waals surface area contributed by atoms with Crippen molar-refractivity contribution in [3.63, 3.8) is 0 Å². The Kier molecular flexibility index (Phi) is 6.99. The molecule has 14 rings (SSSR count). The topological polar surface area (TPSA) is 21.3 Å². The van der Waals surface area contributed by atoms with Crippen LogP contribution < -0.4 is 10.4 Å². The summed E-state index contributed by atoms with van der Waals surface area (Å²) in [6.45, 7) is 24.8. The van der Waals surface area contributed by atoms with Crippen molar-refractivity contribution in [1.82, 2.24) is 4.48 Å². The molecule has 3 nitrogen and oxygen atoms in total. The van der Waals surface area contributed by atoms with Gasteiger partial charge in [0.2, 0.25) is 0 Å². The zero-order chi connectivity index (χ0) is 44.5. The summed E-state index contributed by atoms with van der Waals surface area (Å²) < 4.78 is 9.84. The van der Waals surface area contributed by atoms with E-state index >= 15 is 0 Å². The molecular formula is C61H57BN2O. The highest BCUT2D eigenvalue weighted by Crippen LogP contribution is 2.60. The third-order valence-electron chi connectivity index (χ3n) is 17.9. The molecule has 0 N–H and O–H groups in total. The highest BCUT2D eigenvalue weighted by atomic mass is 16.3. The predicted molar refractivity (Wildman–Crippen MR) is 276 cm³/mol. The van der Waals surface area contributed by atoms with Gasteiger partial charge < -0.3 is 13.8 Å². The number of rotatable bonds is 1. The number of anilines is 2. The molecule has 65 heavy (non-hydrogen) atoms. The number of fused-ring (bicyclic) bond motifs is 15. The number of aromatic nitrogens is 1. The summed E-state index contributed by atoms with van der Waals surface area (Å²) in [6, 6.07) is 45.0. The zero-order valence-electron chi connectivity index (χ0n) is 39.7. The van der Waals surface area contributed by atoms with E-state index in [1.165, 1.54) is 142 Å². The molecule has 0 bridgehead atoms. The zero-order valence-corrected chi connectivity index (χ0v) is 39.7. The second-order valence-corrected chi connectivity index (χ2v) is 23.8. The molecule has 0 saturated carbocycles. The number of furan rings is 1. The first kappa shape index (κ1) is 38.3. The second kappa shape index (κ2) is 11.9. The molecule has 0 amide bonds. The van der Waals surface area contributed by atoms with Crippen molar-refractivity contribution < 1.29 is 4.42 Å². The van der Waals surface area contributed by atoms with Crippen LogP contribution in [0.4, 0.5) is 11.4 Å². The van der Waals surface area contributed by atoms with Gasteiger partial charge in [-0.15, -0.1) is 0 Å². The van der Waals surface area contributed by atoms with Gasteiger partial charge in [-0.1, -0.05) is 142 Å². The smallest absolute Gasteiger partial charge is 0.329 e. The van der Waals surface area contributed by atoms with Gasteiger partial charge >= 0.3 is 6.85 Å². The molecule has 0 unspecified atom stereocenters. The fourth-order valence-corrected chi connectivity index (χ4v) is 14.0. The van der Waals surface area contributed by atoms with Gasteiger partial charge in [-0.2, -0.15) is 0 Å². The van der Waals surface area contributed by atoms with Crippen LogP contribution in [0.5, 0.6) is 0 Å². The van der Waals surface area contributed by atoms with Crippen LogP contribution in [0.25, 0.3) is 71.3 Å². The molecule has 4 heteroatoms. The van der Waals surface area contributed by atoms with Crippen molar-refractivity contribution in [1.29, 1.82) is 0 Å². The van der Waals surface area contributed by atoms with E-state index < -0.39 is 0 Å². The first-order valence-corrected chi connectivity index (χ1v) is 24.3. The number of nitrogens with zero attached hydrogens (tertiary/aromatic N) is 2. The van der Waals surface area contributed by atoms with Crippen LogP contribution in [-0.2, 0) is 27.1 Å². The van der Waals surface area contributed by atoms with Crippen LogP contribution in [0.2, 0.25) is 0 Å². The molecule has 2 aromatic heterocycles. The molecule has 9 aromatic rings. The van der Waals surface area contributed by atoms with Crippen molar-refractivity contribution in [3.05, 3.63) is 154 Å². The molecule has 0 fully saturated rings. The lowest BCUT2D eigenvalue weighted by molar-refractivity contribution is 0.331. The van der Waals surface area contributed by atoms with E-state index in [4.69, 9.17) is 4.42 Å². The fourth-order valence-electron chi connectivity index (χ4n) is 14.0. The summed E-state index contributed by atoms with van der Waals surface area (Å²) in [5.74, 6) is 0. The minimum absolute atomic E-state index is 0.0530. The molecule has 4 heterocycles. The van der Waals surface area contributed by atoms with Crippen LogP contribution in [-0.4, -0.2) is 11.3 Å². The van der Waals surface area contributed by atoms with Crippen molar-refractivity contribution >= 4 is 83.9 Å². The highest BCUT2D eigenvalue weighted by molar-refractivity contribution is 6.86. The van der Waals surface area contributed by atoms with Crippen LogP contribution >= 0.6 is 0 Å². The summed E-state index contributed by atoms with van der Waals surface area (Å²) in [5, 5.41) is 7.60. The molecule has 3 aliphatic carbocycles. The Morgan fingerprint density at radius 1 is 0.508 bits per heavy atom. The van der Waals surface area contributed by atoms with Gasteiger partial charge in [-0.05, 0) is 139 Å². The SMILES string of the molecule is CC1(C)CCC(C)(C)c2cc(N3C4=C(B5c6c3cc3oc7ccccc7c3c6-c3cccc6c7cc8ccccc8cc7n5c36)C(C)(C)c3cc5c(cc34)C(C)(C)CCC5(C)C)ccc21. The predicted octanol–water partition coefficient (Wildman–Crippen LogP) is 15.7. The lowest BCUT2D eigenvalue weighted by atomic mass is 9.40. The molecule has 2 aliphatic heterocycles. The van der Waals surface area contributed by atoms with Crippen LogP contribution in [0.1, 0.15) is 128 Å². The van der Waals surface area contributed by atoms with Crippen molar-refractivity contribution in [3.8, 4) is 11.1 Å². The van der Waals surface area contributed by atoms with Gasteiger partial charge in [-0.25, -0.2) is 0 Å². The highest BCUT2D eigenvalue weighted by Gasteiger charge is 2.55. The number of allylic oxidation sites excluding steroid dienone is 1. The average Bonchev–Trinajstić information content (AvgIpc) is 3.89. The molecular weight excluding hydrogens is 787 g/mol. The van der Waals surface area contributed by atoms with Gasteiger partial charge in [0, 0.05) is 72.3 Å². The Balaban J connectivity index is 1.19. The van der Waals surface area contributed by atoms with Crippen LogP contribution in [0.3, 0.4) is 0 Å². The Hall–Kier alpha value is -6.00. The average molecular weight is 845 g/mol. The largest absolute Gasteiger partial charge is 0.456 e. The Bertz CT molecular complexity index is 3710. The summed E-state index contributed by atoms with van der Waals surface area (Å²) >= 11 is 0. The normalized spacial score (nSPS) is 20.1. The van der Waals surface area contributed by atoms with Crippen molar-refractivity contribution in [2.75, 3.05) is 4.90 Å². The number of para-hydroxylation sites is 2. The Labute approximate surface area is 383 Å². The minimum Gasteiger partial charge on any atom is -0.456 e. The lowest BCUT2D eigenvalue weighted by Gasteiger charge is -2.45. The number of hydrogen-bond donors (Lipinski definition) is 0. The molecule has 5 aliphatic rings. The molecule has 320 valence electrons. The van der Waals surface area contributed by atoms with E-state index in [9.17, 15) is 0 Å². The van der Waals surface area contributed by atoms with E-state index in [0.717, 1.165) is 11.2 Å². The summed E-state index contributed by atoms with van der Waals surface area (Å²) in [7, 11) is 0. The van der Waals surface area contributed by atoms with E-state index in [1.54, 1.807) is 0 Å². The summed E-state index contributed by atoms with van der Waals surface area (Å²) in [5.41, 5.74) is 22.7. The third-order valence-corrected chi connectivity index (χ3v) is 17.9. The maximum atomic E-state index is 7.05. The molecule has 0 spiro atoms. The number of benzene rings is 7. The van der Waals surface area contributed by atoms with Crippen LogP contribution in [0, 0.1) is 0 Å². The number of hydrogen-bond acceptors (Lipinski definition) is 2. The van der Waals surface area contributed by atoms with Crippen molar-refractivity contribution in [2.45, 2.75) is 122 Å². The van der Waals surface area contributed by atoms with E-state index in [1.807, 2.05) is 0 Å². The first-order valence-electron chi connectivity index (χ1n) is 24.3. The van der Waals surface area contributed by atoms with Gasteiger partial charge in [-0.3, -0.25) is 0 Å². The Morgan fingerprint density at radius 2 is 1.14 bits per heavy atom. The fraction of sp³-hybridized carbons (Fsp3) is 0.311. The molecule has 0 radical (unpaired) electrons. The maximum absolute atomic E-state index is 7.05. The minimum atomic E-state index is -0.301. The van der Waals surface area contributed by atoms with Crippen molar-refractivity contribution in [2.24, 2.45) is 0 Å². The molecule has 7 aromatic carbocycles. The van der Waals surface area contributed by atoms with Gasteiger partial charge in [0.1, 0.15) is 11.2 Å².